The zero-order valence-corrected chi connectivity index (χ0v) is 46.9. The number of carboxylic acids is 1. The van der Waals surface area contributed by atoms with Crippen LogP contribution in [0.15, 0.2) is 47.4 Å². The summed E-state index contributed by atoms with van der Waals surface area (Å²) in [5.74, 6) is -2.90. The predicted octanol–water partition coefficient (Wildman–Crippen LogP) is 4.87. The van der Waals surface area contributed by atoms with Crippen molar-refractivity contribution in [1.82, 2.24) is 36.2 Å². The summed E-state index contributed by atoms with van der Waals surface area (Å²) in [5.41, 5.74) is 2.78. The number of hydrogen-bond acceptors (Lipinski definition) is 13. The standard InChI is InChI=1S/C51H71IN8O13S/c1-29-30(2)43(31(3)36-26-51(8,9)72-42(29)36)74(68,69)59-48(53)55-23-12-14-38(47(65)66)57-45(63)40(15-13-22-54-44(62)35-19-16-33(17-20-35)27-56-32(4)61)60(10)46(64)39(58-49(67)73-50(5,6)7)25-34-18-21-41(37(52)24-34)71-28-70-11/h16-21,24,38-40H,12-15,22-23,25-28H2,1-11H3,(H,54,62)(H,56,61)(H,57,63)(H,58,67)(H,65,66)(H3,53,55,59). The van der Waals surface area contributed by atoms with Gasteiger partial charge in [0.1, 0.15) is 40.8 Å². The van der Waals surface area contributed by atoms with Gasteiger partial charge < -0.3 is 55.5 Å². The Hall–Kier alpha value is -6.21. The molecule has 23 heteroatoms. The second-order valence-corrected chi connectivity index (χ2v) is 22.5. The van der Waals surface area contributed by atoms with Crippen molar-refractivity contribution in [2.24, 2.45) is 0 Å². The number of halogens is 1. The number of nitrogens with zero attached hydrogens (tertiary/aromatic N) is 1. The number of amides is 5. The highest BCUT2D eigenvalue weighted by molar-refractivity contribution is 14.1. The summed E-state index contributed by atoms with van der Waals surface area (Å²) >= 11 is 2.07. The molecule has 1 aliphatic rings. The van der Waals surface area contributed by atoms with Crippen molar-refractivity contribution < 1.29 is 61.2 Å². The topological polar surface area (TPSA) is 293 Å². The second-order valence-electron chi connectivity index (χ2n) is 19.7. The fourth-order valence-electron chi connectivity index (χ4n) is 8.21. The largest absolute Gasteiger partial charge is 0.487 e. The van der Waals surface area contributed by atoms with Gasteiger partial charge in [-0.05, 0) is 156 Å². The first-order valence-corrected chi connectivity index (χ1v) is 26.6. The summed E-state index contributed by atoms with van der Waals surface area (Å²) < 4.78 is 52.6. The number of rotatable bonds is 24. The van der Waals surface area contributed by atoms with E-state index in [1.54, 1.807) is 84.0 Å². The molecule has 3 aromatic carbocycles. The zero-order chi connectivity index (χ0) is 55.3. The number of carbonyl (C=O) groups excluding carboxylic acids is 5. The number of alkyl carbamates (subject to hydrolysis) is 1. The highest BCUT2D eigenvalue weighted by Gasteiger charge is 2.38. The summed E-state index contributed by atoms with van der Waals surface area (Å²) in [4.78, 5) is 80.4. The second kappa shape index (κ2) is 26.3. The van der Waals surface area contributed by atoms with Gasteiger partial charge in [-0.25, -0.2) is 22.7 Å². The molecule has 21 nitrogen and oxygen atoms in total. The van der Waals surface area contributed by atoms with Gasteiger partial charge in [-0.1, -0.05) is 18.2 Å². The summed E-state index contributed by atoms with van der Waals surface area (Å²) in [6.45, 7) is 15.7. The van der Waals surface area contributed by atoms with Crippen molar-refractivity contribution >= 4 is 74.3 Å². The van der Waals surface area contributed by atoms with Crippen LogP contribution in [0.3, 0.4) is 0 Å². The van der Waals surface area contributed by atoms with E-state index < -0.39 is 75.1 Å². The van der Waals surface area contributed by atoms with Gasteiger partial charge in [0.05, 0.1) is 8.47 Å². The minimum Gasteiger partial charge on any atom is -0.487 e. The summed E-state index contributed by atoms with van der Waals surface area (Å²) in [7, 11) is -1.40. The molecular weight excluding hydrogens is 1090 g/mol. The normalized spacial score (nSPS) is 13.9. The average Bonchev–Trinajstić information content (AvgIpc) is 3.64. The number of aliphatic carboxylic acids is 1. The molecule has 8 N–H and O–H groups in total. The Kier molecular flexibility index (Phi) is 21.5. The van der Waals surface area contributed by atoms with Gasteiger partial charge in [-0.3, -0.25) is 24.6 Å². The van der Waals surface area contributed by atoms with E-state index in [9.17, 15) is 42.3 Å². The lowest BCUT2D eigenvalue weighted by atomic mass is 9.94. The first kappa shape index (κ1) is 60.3. The lowest BCUT2D eigenvalue weighted by Gasteiger charge is -2.32. The van der Waals surface area contributed by atoms with Crippen molar-refractivity contribution in [1.29, 1.82) is 5.41 Å². The predicted molar refractivity (Wildman–Crippen MR) is 285 cm³/mol. The molecule has 3 atom stereocenters. The molecule has 0 spiro atoms. The number of ether oxygens (including phenoxy) is 4. The van der Waals surface area contributed by atoms with Crippen molar-refractivity contribution in [3.05, 3.63) is 85.0 Å². The summed E-state index contributed by atoms with van der Waals surface area (Å²) in [6.07, 6.45) is -0.469. The van der Waals surface area contributed by atoms with Crippen LogP contribution in [0.1, 0.15) is 111 Å². The number of fused-ring (bicyclic) bond motifs is 1. The third-order valence-corrected chi connectivity index (χ3v) is 14.4. The fraction of sp³-hybridized carbons (Fsp3) is 0.510. The van der Waals surface area contributed by atoms with Gasteiger partial charge >= 0.3 is 12.1 Å². The molecule has 74 heavy (non-hydrogen) atoms. The molecule has 3 aromatic rings. The van der Waals surface area contributed by atoms with Gasteiger partial charge in [0.15, 0.2) is 6.79 Å². The minimum absolute atomic E-state index is 0.00262. The van der Waals surface area contributed by atoms with Crippen LogP contribution in [0.4, 0.5) is 4.79 Å². The van der Waals surface area contributed by atoms with E-state index in [2.05, 4.69) is 53.9 Å². The van der Waals surface area contributed by atoms with Crippen LogP contribution < -0.4 is 40.8 Å². The monoisotopic (exact) mass is 1160 g/mol. The highest BCUT2D eigenvalue weighted by atomic mass is 127. The molecule has 5 amide bonds. The Morgan fingerprint density at radius 2 is 1.53 bits per heavy atom. The quantitative estimate of drug-likeness (QED) is 0.0195. The third-order valence-electron chi connectivity index (χ3n) is 12.0. The van der Waals surface area contributed by atoms with Crippen molar-refractivity contribution in [2.75, 3.05) is 34.0 Å². The van der Waals surface area contributed by atoms with Gasteiger partial charge in [0.25, 0.3) is 15.9 Å². The van der Waals surface area contributed by atoms with E-state index in [1.165, 1.54) is 21.1 Å². The molecule has 1 heterocycles. The van der Waals surface area contributed by atoms with Crippen LogP contribution in [-0.2, 0) is 58.1 Å². The first-order chi connectivity index (χ1) is 34.5. The maximum Gasteiger partial charge on any atom is 0.408 e. The van der Waals surface area contributed by atoms with Crippen LogP contribution in [-0.4, -0.2) is 123 Å². The SMILES string of the molecule is COCOc1ccc(CC(NC(=O)OC(C)(C)C)C(=O)N(C)C(CCCNC(=O)c2ccc(CNC(C)=O)cc2)C(=O)NC(CCCNC(=N)NS(=O)(=O)c2c(C)c(C)c3c(c2C)CC(C)(C)O3)C(=O)O)cc1I. The Bertz CT molecular complexity index is 2680. The zero-order valence-electron chi connectivity index (χ0n) is 43.9. The van der Waals surface area contributed by atoms with E-state index >= 15 is 0 Å². The van der Waals surface area contributed by atoms with Crippen LogP contribution in [0, 0.1) is 29.8 Å². The number of carboxylic acid groups (broad SMARTS) is 1. The van der Waals surface area contributed by atoms with E-state index in [-0.39, 0.29) is 69.3 Å². The molecular formula is C51H71IN8O13S. The first-order valence-electron chi connectivity index (χ1n) is 24.0. The Balaban J connectivity index is 1.51. The number of sulfonamides is 1. The number of likely N-dealkylation sites (N-methyl/N-ethyl adjacent to an activating group) is 1. The Morgan fingerprint density at radius 1 is 0.892 bits per heavy atom. The van der Waals surface area contributed by atoms with Crippen LogP contribution >= 0.6 is 22.6 Å². The van der Waals surface area contributed by atoms with Crippen LogP contribution in [0.2, 0.25) is 0 Å². The number of benzene rings is 3. The maximum atomic E-state index is 14.6. The summed E-state index contributed by atoms with van der Waals surface area (Å²) in [5, 5.41) is 32.1. The van der Waals surface area contributed by atoms with Crippen molar-refractivity contribution in [3.63, 3.8) is 0 Å². The molecule has 0 aromatic heterocycles. The average molecular weight is 1160 g/mol. The fourth-order valence-corrected chi connectivity index (χ4v) is 10.5. The van der Waals surface area contributed by atoms with Crippen LogP contribution in [0.5, 0.6) is 11.5 Å². The van der Waals surface area contributed by atoms with Crippen molar-refractivity contribution in [3.8, 4) is 11.5 Å². The molecule has 0 bridgehead atoms. The van der Waals surface area contributed by atoms with Gasteiger partial charge in [0.2, 0.25) is 23.7 Å². The lowest BCUT2D eigenvalue weighted by molar-refractivity contribution is -0.145. The molecule has 3 unspecified atom stereocenters. The Morgan fingerprint density at radius 3 is 2.14 bits per heavy atom. The van der Waals surface area contributed by atoms with Gasteiger partial charge in [0, 0.05) is 64.7 Å². The number of nitrogens with one attached hydrogen (secondary N) is 7. The van der Waals surface area contributed by atoms with Crippen molar-refractivity contribution in [2.45, 2.75) is 142 Å². The van der Waals surface area contributed by atoms with Gasteiger partial charge in [-0.2, -0.15) is 0 Å². The maximum absolute atomic E-state index is 14.6. The molecule has 0 saturated heterocycles. The molecule has 4 rings (SSSR count). The van der Waals surface area contributed by atoms with Crippen LogP contribution in [0.25, 0.3) is 0 Å². The van der Waals surface area contributed by atoms with E-state index in [0.717, 1.165) is 16.0 Å². The molecule has 0 saturated carbocycles. The third kappa shape index (κ3) is 17.5. The lowest BCUT2D eigenvalue weighted by Crippen LogP contribution is -2.57. The molecule has 0 radical (unpaired) electrons. The van der Waals surface area contributed by atoms with E-state index in [4.69, 9.17) is 24.4 Å². The molecule has 0 fully saturated rings. The van der Waals surface area contributed by atoms with Gasteiger partial charge in [-0.15, -0.1) is 0 Å². The number of carbonyl (C=O) groups is 6. The number of hydrogen-bond donors (Lipinski definition) is 8. The molecule has 0 aliphatic carbocycles. The smallest absolute Gasteiger partial charge is 0.408 e. The Labute approximate surface area is 447 Å². The van der Waals surface area contributed by atoms with E-state index in [1.807, 2.05) is 13.8 Å². The highest BCUT2D eigenvalue weighted by Crippen LogP contribution is 2.43. The number of guanidine groups is 1. The number of methoxy groups -OCH3 is 1. The molecule has 406 valence electrons. The minimum atomic E-state index is -4.24. The summed E-state index contributed by atoms with van der Waals surface area (Å²) in [6, 6.07) is 7.68. The molecule has 1 aliphatic heterocycles. The van der Waals surface area contributed by atoms with E-state index in [0.29, 0.717) is 49.3 Å².